The molecular weight excluding hydrogens is 324 g/mol. The molecule has 0 unspecified atom stereocenters. The Morgan fingerprint density at radius 2 is 1.42 bits per heavy atom. The normalized spacial score (nSPS) is 29.3. The fraction of sp³-hybridized carbons (Fsp3) is 0.333. The van der Waals surface area contributed by atoms with Crippen molar-refractivity contribution in [2.24, 2.45) is 22.7 Å². The lowest BCUT2D eigenvalue weighted by atomic mass is 9.67. The van der Waals surface area contributed by atoms with Crippen molar-refractivity contribution in [3.05, 3.63) is 71.8 Å². The number of primary amides is 1. The summed E-state index contributed by atoms with van der Waals surface area (Å²) in [5.41, 5.74) is 11.3. The molecule has 5 nitrogen and oxygen atoms in total. The Morgan fingerprint density at radius 1 is 0.923 bits per heavy atom. The topological polar surface area (TPSA) is 79.5 Å². The summed E-state index contributed by atoms with van der Waals surface area (Å²) in [7, 11) is 0. The maximum absolute atomic E-state index is 11.3. The molecule has 1 heterocycles. The average molecular weight is 348 g/mol. The van der Waals surface area contributed by atoms with E-state index < -0.39 is 6.03 Å². The predicted molar refractivity (Wildman–Crippen MR) is 102 cm³/mol. The zero-order valence-corrected chi connectivity index (χ0v) is 14.6. The Morgan fingerprint density at radius 3 is 1.88 bits per heavy atom. The molecule has 2 aromatic carbocycles. The van der Waals surface area contributed by atoms with Crippen molar-refractivity contribution >= 4 is 11.7 Å². The van der Waals surface area contributed by atoms with Crippen LogP contribution in [0, 0.1) is 11.8 Å². The summed E-state index contributed by atoms with van der Waals surface area (Å²) < 4.78 is 0. The van der Waals surface area contributed by atoms with Gasteiger partial charge in [0.05, 0.1) is 0 Å². The van der Waals surface area contributed by atoms with Crippen molar-refractivity contribution in [2.45, 2.75) is 31.3 Å². The standard InChI is InChI=1S/C21H24N4O/c22-21(26)25-24-20-16-12-7-13-17(20)19(15-10-5-2-6-11-15)23-18(16)14-8-3-1-4-9-14/h1-6,8-11,16-19,23H,7,12-13H2,(H3,22,25,26)/t16-,17+,18-,19-/m0/s1. The molecule has 1 aliphatic carbocycles. The first-order valence-corrected chi connectivity index (χ1v) is 9.23. The monoisotopic (exact) mass is 348 g/mol. The van der Waals surface area contributed by atoms with Gasteiger partial charge in [0.1, 0.15) is 0 Å². The van der Waals surface area contributed by atoms with Crippen molar-refractivity contribution in [1.29, 1.82) is 0 Å². The van der Waals surface area contributed by atoms with Crippen LogP contribution in [0.3, 0.4) is 0 Å². The van der Waals surface area contributed by atoms with Gasteiger partial charge in [-0.25, -0.2) is 10.2 Å². The molecule has 1 saturated carbocycles. The summed E-state index contributed by atoms with van der Waals surface area (Å²) in [6.07, 6.45) is 3.28. The second-order valence-electron chi connectivity index (χ2n) is 7.10. The number of carbonyl (C=O) groups is 1. The number of hydrogen-bond acceptors (Lipinski definition) is 3. The number of urea groups is 1. The van der Waals surface area contributed by atoms with Crippen LogP contribution in [0.5, 0.6) is 0 Å². The van der Waals surface area contributed by atoms with E-state index >= 15 is 0 Å². The molecule has 2 aliphatic rings. The predicted octanol–water partition coefficient (Wildman–Crippen LogP) is 3.51. The first kappa shape index (κ1) is 16.8. The van der Waals surface area contributed by atoms with Crippen LogP contribution in [-0.4, -0.2) is 11.7 Å². The largest absolute Gasteiger partial charge is 0.350 e. The molecule has 4 atom stereocenters. The molecule has 26 heavy (non-hydrogen) atoms. The van der Waals surface area contributed by atoms with Gasteiger partial charge in [0, 0.05) is 29.6 Å². The third-order valence-electron chi connectivity index (χ3n) is 5.57. The number of nitrogens with one attached hydrogen (secondary N) is 2. The first-order chi connectivity index (χ1) is 12.7. The Balaban J connectivity index is 1.76. The minimum atomic E-state index is -0.610. The lowest BCUT2D eigenvalue weighted by molar-refractivity contribution is 0.230. The minimum Gasteiger partial charge on any atom is -0.350 e. The Bertz CT molecular complexity index is 735. The molecule has 2 aromatic rings. The van der Waals surface area contributed by atoms with Crippen LogP contribution < -0.4 is 16.5 Å². The molecule has 5 heteroatoms. The fourth-order valence-corrected chi connectivity index (χ4v) is 4.49. The van der Waals surface area contributed by atoms with Crippen molar-refractivity contribution in [1.82, 2.24) is 10.7 Å². The van der Waals surface area contributed by atoms with Crippen LogP contribution in [0.25, 0.3) is 0 Å². The van der Waals surface area contributed by atoms with E-state index in [9.17, 15) is 4.79 Å². The van der Waals surface area contributed by atoms with Gasteiger partial charge in [-0.3, -0.25) is 0 Å². The van der Waals surface area contributed by atoms with E-state index in [-0.39, 0.29) is 23.9 Å². The van der Waals surface area contributed by atoms with E-state index in [4.69, 9.17) is 5.73 Å². The lowest BCUT2D eigenvalue weighted by Gasteiger charge is -2.47. The van der Waals surface area contributed by atoms with Crippen LogP contribution in [-0.2, 0) is 0 Å². The van der Waals surface area contributed by atoms with Crippen LogP contribution in [0.4, 0.5) is 4.79 Å². The zero-order valence-electron chi connectivity index (χ0n) is 14.6. The van der Waals surface area contributed by atoms with E-state index in [1.165, 1.54) is 17.5 Å². The van der Waals surface area contributed by atoms with Gasteiger partial charge in [0.2, 0.25) is 0 Å². The van der Waals surface area contributed by atoms with Gasteiger partial charge in [0.25, 0.3) is 0 Å². The Labute approximate surface area is 153 Å². The van der Waals surface area contributed by atoms with Gasteiger partial charge in [0.15, 0.2) is 0 Å². The summed E-state index contributed by atoms with van der Waals surface area (Å²) in [5.74, 6) is 0.533. The third-order valence-corrected chi connectivity index (χ3v) is 5.57. The summed E-state index contributed by atoms with van der Waals surface area (Å²) >= 11 is 0. The van der Waals surface area contributed by atoms with Crippen molar-refractivity contribution in [3.8, 4) is 0 Å². The Kier molecular flexibility index (Phi) is 4.71. The SMILES string of the molecule is NC(=O)NN=C1[C@H]2CCC[C@@H]1[C@H](c1ccccc1)N[C@H]2c1ccccc1. The maximum Gasteiger partial charge on any atom is 0.332 e. The molecule has 1 aliphatic heterocycles. The number of carbonyl (C=O) groups excluding carboxylic acids is 1. The molecule has 4 N–H and O–H groups in total. The molecular formula is C21H24N4O. The summed E-state index contributed by atoms with van der Waals surface area (Å²) in [5, 5.41) is 8.35. The number of amides is 2. The number of nitrogens with zero attached hydrogens (tertiary/aromatic N) is 1. The highest BCUT2D eigenvalue weighted by Crippen LogP contribution is 2.46. The van der Waals surface area contributed by atoms with E-state index in [0.717, 1.165) is 18.6 Å². The number of fused-ring (bicyclic) bond motifs is 2. The Hall–Kier alpha value is -2.66. The number of hydrazone groups is 1. The molecule has 1 saturated heterocycles. The first-order valence-electron chi connectivity index (χ1n) is 9.23. The quantitative estimate of drug-likeness (QED) is 0.742. The van der Waals surface area contributed by atoms with Gasteiger partial charge in [-0.05, 0) is 24.0 Å². The summed E-state index contributed by atoms with van der Waals surface area (Å²) in [6, 6.07) is 20.7. The molecule has 0 spiro atoms. The van der Waals surface area contributed by atoms with E-state index in [1.807, 2.05) is 12.1 Å². The van der Waals surface area contributed by atoms with Gasteiger partial charge < -0.3 is 11.1 Å². The third kappa shape index (κ3) is 3.22. The fourth-order valence-electron chi connectivity index (χ4n) is 4.49. The highest BCUT2D eigenvalue weighted by Gasteiger charge is 2.45. The maximum atomic E-state index is 11.3. The number of rotatable bonds is 3. The lowest BCUT2D eigenvalue weighted by Crippen LogP contribution is -2.51. The van der Waals surface area contributed by atoms with Crippen molar-refractivity contribution in [2.75, 3.05) is 0 Å². The van der Waals surface area contributed by atoms with Crippen LogP contribution in [0.1, 0.15) is 42.5 Å². The van der Waals surface area contributed by atoms with E-state index in [0.29, 0.717) is 0 Å². The molecule has 2 fully saturated rings. The highest BCUT2D eigenvalue weighted by molar-refractivity contribution is 5.92. The van der Waals surface area contributed by atoms with Crippen LogP contribution in [0.2, 0.25) is 0 Å². The van der Waals surface area contributed by atoms with E-state index in [1.54, 1.807) is 0 Å². The molecule has 0 aromatic heterocycles. The zero-order chi connectivity index (χ0) is 17.9. The average Bonchev–Trinajstić information content (AvgIpc) is 2.68. The second kappa shape index (κ2) is 7.30. The van der Waals surface area contributed by atoms with Gasteiger partial charge in [-0.1, -0.05) is 67.1 Å². The highest BCUT2D eigenvalue weighted by atomic mass is 16.2. The minimum absolute atomic E-state index is 0.173. The van der Waals surface area contributed by atoms with Crippen LogP contribution >= 0.6 is 0 Å². The number of piperidine rings is 1. The molecule has 0 radical (unpaired) electrons. The van der Waals surface area contributed by atoms with Crippen LogP contribution in [0.15, 0.2) is 65.8 Å². The second-order valence-corrected chi connectivity index (χ2v) is 7.10. The van der Waals surface area contributed by atoms with Gasteiger partial charge in [-0.15, -0.1) is 0 Å². The molecule has 2 bridgehead atoms. The van der Waals surface area contributed by atoms with Gasteiger partial charge >= 0.3 is 6.03 Å². The number of hydrogen-bond donors (Lipinski definition) is 3. The summed E-state index contributed by atoms with van der Waals surface area (Å²) in [4.78, 5) is 11.3. The van der Waals surface area contributed by atoms with E-state index in [2.05, 4.69) is 64.4 Å². The van der Waals surface area contributed by atoms with Crippen molar-refractivity contribution < 1.29 is 4.79 Å². The number of nitrogens with two attached hydrogens (primary N) is 1. The molecule has 2 amide bonds. The van der Waals surface area contributed by atoms with Gasteiger partial charge in [-0.2, -0.15) is 5.10 Å². The summed E-state index contributed by atoms with van der Waals surface area (Å²) in [6.45, 7) is 0. The smallest absolute Gasteiger partial charge is 0.332 e. The molecule has 134 valence electrons. The van der Waals surface area contributed by atoms with Crippen molar-refractivity contribution in [3.63, 3.8) is 0 Å². The number of benzene rings is 2. The molecule has 4 rings (SSSR count).